The van der Waals surface area contributed by atoms with Crippen molar-refractivity contribution < 1.29 is 22.8 Å². The fourth-order valence-electron chi connectivity index (χ4n) is 4.63. The Labute approximate surface area is 219 Å². The van der Waals surface area contributed by atoms with Gasteiger partial charge in [-0.2, -0.15) is 18.4 Å². The first kappa shape index (κ1) is 25.7. The summed E-state index contributed by atoms with van der Waals surface area (Å²) < 4.78 is 39.8. The lowest BCUT2D eigenvalue weighted by Crippen LogP contribution is -2.41. The van der Waals surface area contributed by atoms with Crippen molar-refractivity contribution in [2.24, 2.45) is 5.16 Å². The van der Waals surface area contributed by atoms with Gasteiger partial charge in [0.15, 0.2) is 6.10 Å². The molecule has 1 saturated heterocycles. The van der Waals surface area contributed by atoms with E-state index in [1.54, 1.807) is 17.0 Å². The fraction of sp³-hybridized carbons (Fsp3) is 0.346. The number of hydrogen-bond acceptors (Lipinski definition) is 7. The topological polar surface area (TPSA) is 101 Å². The normalized spacial score (nSPS) is 18.1. The molecular formula is C26H22F3N5O3S. The maximum Gasteiger partial charge on any atom is 0.417 e. The van der Waals surface area contributed by atoms with E-state index in [0.717, 1.165) is 26.9 Å². The van der Waals surface area contributed by atoms with Crippen molar-refractivity contribution >= 4 is 23.0 Å². The smallest absolute Gasteiger partial charge is 0.387 e. The van der Waals surface area contributed by atoms with Gasteiger partial charge in [0.25, 0.3) is 5.56 Å². The zero-order valence-corrected chi connectivity index (χ0v) is 20.8. The average Bonchev–Trinajstić information content (AvgIpc) is 3.60. The number of nitrogens with zero attached hydrogens (tertiary/aromatic N) is 5. The van der Waals surface area contributed by atoms with E-state index in [1.807, 2.05) is 17.5 Å². The van der Waals surface area contributed by atoms with Crippen LogP contribution in [-0.4, -0.2) is 39.2 Å². The molecule has 1 amide bonds. The molecule has 0 N–H and O–H groups in total. The van der Waals surface area contributed by atoms with Crippen LogP contribution in [0, 0.1) is 11.3 Å². The Balaban J connectivity index is 1.18. The number of alkyl halides is 3. The Morgan fingerprint density at radius 3 is 2.68 bits per heavy atom. The molecule has 3 aromatic rings. The van der Waals surface area contributed by atoms with Crippen LogP contribution in [-0.2, 0) is 22.4 Å². The van der Waals surface area contributed by atoms with Crippen LogP contribution in [0.15, 0.2) is 57.9 Å². The van der Waals surface area contributed by atoms with E-state index in [0.29, 0.717) is 55.9 Å². The summed E-state index contributed by atoms with van der Waals surface area (Å²) in [6.07, 6.45) is -2.45. The quantitative estimate of drug-likeness (QED) is 0.475. The van der Waals surface area contributed by atoms with Crippen LogP contribution in [0.1, 0.15) is 58.7 Å². The molecule has 5 rings (SSSR count). The number of likely N-dealkylation sites (tertiary alicyclic amines) is 1. The highest BCUT2D eigenvalue weighted by Gasteiger charge is 2.32. The van der Waals surface area contributed by atoms with E-state index >= 15 is 0 Å². The van der Waals surface area contributed by atoms with Crippen LogP contribution in [0.3, 0.4) is 0 Å². The maximum atomic E-state index is 13.0. The molecule has 8 nitrogen and oxygen atoms in total. The summed E-state index contributed by atoms with van der Waals surface area (Å²) in [7, 11) is 0. The van der Waals surface area contributed by atoms with Gasteiger partial charge >= 0.3 is 6.18 Å². The SMILES string of the molecule is N#Cc1ccccc1C1CC(c2csc(C3CCN(C(=O)Cn4cc(C(F)(F)F)ccc4=O)CC3)n2)=NO1. The monoisotopic (exact) mass is 541 g/mol. The number of amides is 1. The number of halogens is 3. The minimum absolute atomic E-state index is 0.132. The molecule has 1 aromatic carbocycles. The van der Waals surface area contributed by atoms with Crippen molar-refractivity contribution in [2.45, 2.75) is 44.0 Å². The Hall–Kier alpha value is -3.98. The van der Waals surface area contributed by atoms with E-state index in [-0.39, 0.29) is 12.0 Å². The van der Waals surface area contributed by atoms with E-state index in [4.69, 9.17) is 9.82 Å². The molecule has 1 unspecified atom stereocenters. The molecule has 0 aliphatic carbocycles. The van der Waals surface area contributed by atoms with Crippen LogP contribution in [0.25, 0.3) is 0 Å². The molecule has 0 radical (unpaired) electrons. The first-order chi connectivity index (χ1) is 18.2. The third kappa shape index (κ3) is 5.33. The van der Waals surface area contributed by atoms with E-state index in [9.17, 15) is 28.0 Å². The number of oxime groups is 1. The van der Waals surface area contributed by atoms with Gasteiger partial charge in [-0.25, -0.2) is 4.98 Å². The number of piperidine rings is 1. The minimum atomic E-state index is -4.60. The molecule has 2 aromatic heterocycles. The molecule has 1 fully saturated rings. The summed E-state index contributed by atoms with van der Waals surface area (Å²) in [5, 5.41) is 16.4. The van der Waals surface area contributed by atoms with Gasteiger partial charge in [0.2, 0.25) is 5.91 Å². The van der Waals surface area contributed by atoms with Crippen molar-refractivity contribution in [1.29, 1.82) is 5.26 Å². The van der Waals surface area contributed by atoms with Gasteiger partial charge in [-0.3, -0.25) is 9.59 Å². The zero-order valence-electron chi connectivity index (χ0n) is 20.0. The van der Waals surface area contributed by atoms with Gasteiger partial charge in [0, 0.05) is 48.6 Å². The van der Waals surface area contributed by atoms with Crippen molar-refractivity contribution in [3.8, 4) is 6.07 Å². The lowest BCUT2D eigenvalue weighted by molar-refractivity contribution is -0.139. The number of nitriles is 1. The van der Waals surface area contributed by atoms with Gasteiger partial charge in [0.05, 0.1) is 27.9 Å². The summed E-state index contributed by atoms with van der Waals surface area (Å²) in [5.74, 6) is -0.266. The highest BCUT2D eigenvalue weighted by atomic mass is 32.1. The predicted octanol–water partition coefficient (Wildman–Crippen LogP) is 4.47. The predicted molar refractivity (Wildman–Crippen MR) is 133 cm³/mol. The third-order valence-electron chi connectivity index (χ3n) is 6.73. The van der Waals surface area contributed by atoms with E-state index in [2.05, 4.69) is 11.2 Å². The Morgan fingerprint density at radius 1 is 1.18 bits per heavy atom. The van der Waals surface area contributed by atoms with Crippen molar-refractivity contribution in [3.05, 3.63) is 85.7 Å². The van der Waals surface area contributed by atoms with E-state index < -0.39 is 29.8 Å². The Morgan fingerprint density at radius 2 is 1.95 bits per heavy atom. The molecule has 0 spiro atoms. The highest BCUT2D eigenvalue weighted by molar-refractivity contribution is 7.10. The molecule has 0 bridgehead atoms. The minimum Gasteiger partial charge on any atom is -0.387 e. The largest absolute Gasteiger partial charge is 0.417 e. The molecule has 38 heavy (non-hydrogen) atoms. The molecule has 0 saturated carbocycles. The summed E-state index contributed by atoms with van der Waals surface area (Å²) in [6, 6.07) is 11.0. The summed E-state index contributed by atoms with van der Waals surface area (Å²) in [6.45, 7) is 0.400. The van der Waals surface area contributed by atoms with Crippen molar-refractivity contribution in [3.63, 3.8) is 0 Å². The number of carbonyl (C=O) groups is 1. The van der Waals surface area contributed by atoms with Gasteiger partial charge in [-0.1, -0.05) is 23.4 Å². The lowest BCUT2D eigenvalue weighted by Gasteiger charge is -2.31. The second kappa shape index (κ2) is 10.4. The van der Waals surface area contributed by atoms with Crippen LogP contribution in [0.2, 0.25) is 0 Å². The number of rotatable bonds is 5. The molecule has 2 aliphatic rings. The molecule has 196 valence electrons. The number of carbonyl (C=O) groups excluding carboxylic acids is 1. The first-order valence-corrected chi connectivity index (χ1v) is 12.8. The summed E-state index contributed by atoms with van der Waals surface area (Å²) in [5.41, 5.74) is 1.14. The number of pyridine rings is 1. The van der Waals surface area contributed by atoms with Crippen LogP contribution in [0.4, 0.5) is 13.2 Å². The summed E-state index contributed by atoms with van der Waals surface area (Å²) in [4.78, 5) is 36.6. The average molecular weight is 542 g/mol. The molecule has 1 atom stereocenters. The fourth-order valence-corrected chi connectivity index (χ4v) is 5.63. The van der Waals surface area contributed by atoms with Crippen molar-refractivity contribution in [2.75, 3.05) is 13.1 Å². The molecule has 12 heteroatoms. The number of benzene rings is 1. The van der Waals surface area contributed by atoms with Crippen LogP contribution >= 0.6 is 11.3 Å². The van der Waals surface area contributed by atoms with Gasteiger partial charge in [-0.15, -0.1) is 11.3 Å². The van der Waals surface area contributed by atoms with Gasteiger partial charge < -0.3 is 14.3 Å². The van der Waals surface area contributed by atoms with Crippen molar-refractivity contribution in [1.82, 2.24) is 14.5 Å². The van der Waals surface area contributed by atoms with Gasteiger partial charge in [0.1, 0.15) is 12.3 Å². The van der Waals surface area contributed by atoms with Crippen LogP contribution in [0.5, 0.6) is 0 Å². The molecular weight excluding hydrogens is 519 g/mol. The molecule has 4 heterocycles. The second-order valence-corrected chi connectivity index (χ2v) is 10.0. The number of hydrogen-bond donors (Lipinski definition) is 0. The lowest BCUT2D eigenvalue weighted by atomic mass is 9.97. The zero-order chi connectivity index (χ0) is 26.9. The highest BCUT2D eigenvalue weighted by Crippen LogP contribution is 2.34. The molecule has 2 aliphatic heterocycles. The first-order valence-electron chi connectivity index (χ1n) is 12.0. The number of aromatic nitrogens is 2. The standard InChI is InChI=1S/C26H22F3N5O3S/c27-26(28,29)18-5-6-23(35)34(13-18)14-24(36)33-9-7-16(8-10-33)25-31-21(15-38-25)20-11-22(37-32-20)19-4-2-1-3-17(19)12-30/h1-6,13,15-16,22H,7-11,14H2. The van der Waals surface area contributed by atoms with E-state index in [1.165, 1.54) is 11.3 Å². The Bertz CT molecular complexity index is 1480. The summed E-state index contributed by atoms with van der Waals surface area (Å²) >= 11 is 1.51. The third-order valence-corrected chi connectivity index (χ3v) is 7.74. The second-order valence-electron chi connectivity index (χ2n) is 9.14. The maximum absolute atomic E-state index is 13.0. The number of thiazole rings is 1. The Kier molecular flexibility index (Phi) is 7.03. The van der Waals surface area contributed by atoms with Crippen LogP contribution < -0.4 is 5.56 Å². The van der Waals surface area contributed by atoms with Gasteiger partial charge in [-0.05, 0) is 25.0 Å².